The Kier molecular flexibility index (Phi) is 3.15. The second kappa shape index (κ2) is 4.45. The Morgan fingerprint density at radius 2 is 1.71 bits per heavy atom. The van der Waals surface area contributed by atoms with Crippen LogP contribution in [0.5, 0.6) is 0 Å². The van der Waals surface area contributed by atoms with E-state index >= 15 is 0 Å². The van der Waals surface area contributed by atoms with Crippen molar-refractivity contribution in [1.29, 1.82) is 0 Å². The Morgan fingerprint density at radius 1 is 1.06 bits per heavy atom. The molecule has 0 unspecified atom stereocenters. The van der Waals surface area contributed by atoms with E-state index in [1.165, 1.54) is 5.57 Å². The molecule has 1 aliphatic rings. The fraction of sp³-hybridized carbons (Fsp3) is 0.308. The number of sulfonamides is 1. The zero-order chi connectivity index (χ0) is 12.5. The fourth-order valence-corrected chi connectivity index (χ4v) is 2.78. The molecule has 0 saturated carbocycles. The van der Waals surface area contributed by atoms with E-state index in [1.807, 2.05) is 19.9 Å². The van der Waals surface area contributed by atoms with Crippen LogP contribution in [0.1, 0.15) is 25.3 Å². The number of hydrogen-bond donors (Lipinski definition) is 0. The fourth-order valence-electron chi connectivity index (χ4n) is 1.74. The predicted molar refractivity (Wildman–Crippen MR) is 68.8 cm³/mol. The third-order valence-electron chi connectivity index (χ3n) is 2.74. The molecule has 0 aromatic heterocycles. The lowest BCUT2D eigenvalue weighted by molar-refractivity contribution is 0.598. The van der Waals surface area contributed by atoms with Gasteiger partial charge in [-0.25, -0.2) is 0 Å². The second-order valence-electron chi connectivity index (χ2n) is 4.36. The van der Waals surface area contributed by atoms with Crippen LogP contribution in [0.3, 0.4) is 0 Å². The maximum atomic E-state index is 12.0. The number of aryl methyl sites for hydroxylation is 1. The lowest BCUT2D eigenvalue weighted by Crippen LogP contribution is -2.01. The van der Waals surface area contributed by atoms with Gasteiger partial charge in [0.1, 0.15) is 0 Å². The van der Waals surface area contributed by atoms with Gasteiger partial charge in [0.15, 0.2) is 0 Å². The van der Waals surface area contributed by atoms with Crippen LogP contribution in [-0.4, -0.2) is 14.1 Å². The van der Waals surface area contributed by atoms with Crippen molar-refractivity contribution in [2.45, 2.75) is 31.6 Å². The molecule has 90 valence electrons. The zero-order valence-electron chi connectivity index (χ0n) is 9.97. The topological polar surface area (TPSA) is 46.5 Å². The van der Waals surface area contributed by atoms with Crippen molar-refractivity contribution in [2.75, 3.05) is 0 Å². The van der Waals surface area contributed by atoms with Crippen LogP contribution in [0.2, 0.25) is 0 Å². The molecule has 4 heteroatoms. The normalized spacial score (nSPS) is 18.5. The van der Waals surface area contributed by atoms with Crippen LogP contribution in [0.25, 0.3) is 0 Å². The van der Waals surface area contributed by atoms with Gasteiger partial charge in [0, 0.05) is 0 Å². The van der Waals surface area contributed by atoms with Crippen LogP contribution >= 0.6 is 0 Å². The Balaban J connectivity index is 2.35. The molecule has 0 bridgehead atoms. The molecule has 0 amide bonds. The summed E-state index contributed by atoms with van der Waals surface area (Å²) in [5.74, 6) is 0. The first kappa shape index (κ1) is 12.0. The van der Waals surface area contributed by atoms with Gasteiger partial charge in [-0.2, -0.15) is 12.8 Å². The molecule has 0 N–H and O–H groups in total. The molecule has 1 aromatic rings. The van der Waals surface area contributed by atoms with Gasteiger partial charge < -0.3 is 0 Å². The molecular weight excluding hydrogens is 234 g/mol. The Labute approximate surface area is 102 Å². The highest BCUT2D eigenvalue weighted by Crippen LogP contribution is 2.19. The third kappa shape index (κ3) is 2.82. The maximum Gasteiger partial charge on any atom is 0.282 e. The molecule has 3 nitrogen and oxygen atoms in total. The SMILES string of the molecule is CC1=C/C(=N/S(=O)(=O)c2ccc(C)cc2)CC1. The van der Waals surface area contributed by atoms with Crippen molar-refractivity contribution in [1.82, 2.24) is 0 Å². The van der Waals surface area contributed by atoms with E-state index in [4.69, 9.17) is 0 Å². The first-order valence-electron chi connectivity index (χ1n) is 5.55. The molecule has 0 fully saturated rings. The smallest absolute Gasteiger partial charge is 0.199 e. The Bertz CT molecular complexity index is 580. The summed E-state index contributed by atoms with van der Waals surface area (Å²) < 4.78 is 27.8. The van der Waals surface area contributed by atoms with Crippen LogP contribution in [0.15, 0.2) is 45.2 Å². The number of nitrogens with zero attached hydrogens (tertiary/aromatic N) is 1. The Hall–Kier alpha value is -1.42. The van der Waals surface area contributed by atoms with Gasteiger partial charge in [-0.3, -0.25) is 0 Å². The summed E-state index contributed by atoms with van der Waals surface area (Å²) >= 11 is 0. The van der Waals surface area contributed by atoms with E-state index in [1.54, 1.807) is 24.3 Å². The molecule has 0 saturated heterocycles. The minimum Gasteiger partial charge on any atom is -0.199 e. The van der Waals surface area contributed by atoms with Crippen molar-refractivity contribution in [3.05, 3.63) is 41.5 Å². The summed E-state index contributed by atoms with van der Waals surface area (Å²) in [7, 11) is -3.54. The maximum absolute atomic E-state index is 12.0. The lowest BCUT2D eigenvalue weighted by Gasteiger charge is -2.00. The average molecular weight is 249 g/mol. The van der Waals surface area contributed by atoms with Gasteiger partial charge in [0.05, 0.1) is 10.6 Å². The summed E-state index contributed by atoms with van der Waals surface area (Å²) in [6, 6.07) is 6.76. The van der Waals surface area contributed by atoms with Crippen LogP contribution in [0.4, 0.5) is 0 Å². The molecule has 0 aliphatic heterocycles. The van der Waals surface area contributed by atoms with E-state index in [0.29, 0.717) is 5.71 Å². The largest absolute Gasteiger partial charge is 0.282 e. The Morgan fingerprint density at radius 3 is 2.24 bits per heavy atom. The lowest BCUT2D eigenvalue weighted by atomic mass is 10.2. The standard InChI is InChI=1S/C13H15NO2S/c1-10-4-7-13(8-5-10)17(15,16)14-12-6-3-11(2)9-12/h4-5,7-9H,3,6H2,1-2H3/b14-12+. The van der Waals surface area contributed by atoms with E-state index in [0.717, 1.165) is 18.4 Å². The van der Waals surface area contributed by atoms with Crippen molar-refractivity contribution >= 4 is 15.7 Å². The van der Waals surface area contributed by atoms with Crippen molar-refractivity contribution in [2.24, 2.45) is 4.40 Å². The molecule has 1 aliphatic carbocycles. The molecule has 0 radical (unpaired) electrons. The molecule has 0 heterocycles. The number of benzene rings is 1. The van der Waals surface area contributed by atoms with Gasteiger partial charge in [-0.1, -0.05) is 23.3 Å². The van der Waals surface area contributed by atoms with Crippen molar-refractivity contribution in [3.8, 4) is 0 Å². The summed E-state index contributed by atoms with van der Waals surface area (Å²) in [5.41, 5.74) is 2.87. The van der Waals surface area contributed by atoms with Crippen LogP contribution < -0.4 is 0 Å². The van der Waals surface area contributed by atoms with E-state index < -0.39 is 10.0 Å². The third-order valence-corrected chi connectivity index (χ3v) is 4.09. The van der Waals surface area contributed by atoms with Crippen molar-refractivity contribution < 1.29 is 8.42 Å². The highest BCUT2D eigenvalue weighted by atomic mass is 32.2. The average Bonchev–Trinajstić information content (AvgIpc) is 2.63. The van der Waals surface area contributed by atoms with E-state index in [2.05, 4.69) is 4.40 Å². The highest BCUT2D eigenvalue weighted by Gasteiger charge is 2.15. The van der Waals surface area contributed by atoms with Gasteiger partial charge >= 0.3 is 0 Å². The number of hydrogen-bond acceptors (Lipinski definition) is 2. The minimum absolute atomic E-state index is 0.258. The summed E-state index contributed by atoms with van der Waals surface area (Å²) in [6.45, 7) is 3.91. The van der Waals surface area contributed by atoms with Gasteiger partial charge in [0.2, 0.25) is 0 Å². The molecule has 0 spiro atoms. The molecule has 17 heavy (non-hydrogen) atoms. The first-order chi connectivity index (χ1) is 7.97. The first-order valence-corrected chi connectivity index (χ1v) is 6.99. The summed E-state index contributed by atoms with van der Waals surface area (Å²) in [6.07, 6.45) is 3.48. The van der Waals surface area contributed by atoms with Gasteiger partial charge in [0.25, 0.3) is 10.0 Å². The van der Waals surface area contributed by atoms with Crippen molar-refractivity contribution in [3.63, 3.8) is 0 Å². The molecule has 0 atom stereocenters. The molecule has 2 rings (SSSR count). The molecule has 1 aromatic carbocycles. The number of allylic oxidation sites excluding steroid dienone is 2. The molecular formula is C13H15NO2S. The minimum atomic E-state index is -3.54. The number of rotatable bonds is 2. The van der Waals surface area contributed by atoms with Crippen LogP contribution in [-0.2, 0) is 10.0 Å². The summed E-state index contributed by atoms with van der Waals surface area (Å²) in [5, 5.41) is 0. The predicted octanol–water partition coefficient (Wildman–Crippen LogP) is 2.86. The van der Waals surface area contributed by atoms with Gasteiger partial charge in [-0.05, 0) is 44.9 Å². The summed E-state index contributed by atoms with van der Waals surface area (Å²) in [4.78, 5) is 0.258. The van der Waals surface area contributed by atoms with Gasteiger partial charge in [-0.15, -0.1) is 0 Å². The van der Waals surface area contributed by atoms with Crippen LogP contribution in [0, 0.1) is 6.92 Å². The van der Waals surface area contributed by atoms with E-state index in [9.17, 15) is 8.42 Å². The zero-order valence-corrected chi connectivity index (χ0v) is 10.8. The quantitative estimate of drug-likeness (QED) is 0.809. The van der Waals surface area contributed by atoms with E-state index in [-0.39, 0.29) is 4.90 Å². The monoisotopic (exact) mass is 249 g/mol. The second-order valence-corrected chi connectivity index (χ2v) is 5.97. The highest BCUT2D eigenvalue weighted by molar-refractivity contribution is 7.90.